The zero-order valence-corrected chi connectivity index (χ0v) is 41.2. The van der Waals surface area contributed by atoms with E-state index in [1.54, 1.807) is 12.1 Å². The number of rotatable bonds is 23. The van der Waals surface area contributed by atoms with Gasteiger partial charge in [-0.15, -0.1) is 0 Å². The van der Waals surface area contributed by atoms with Crippen molar-refractivity contribution in [2.75, 3.05) is 6.61 Å². The van der Waals surface area contributed by atoms with Gasteiger partial charge in [-0.25, -0.2) is 4.79 Å². The van der Waals surface area contributed by atoms with Crippen molar-refractivity contribution in [3.05, 3.63) is 59.9 Å². The number of esters is 2. The molecule has 1 N–H and O–H groups in total. The first-order chi connectivity index (χ1) is 29.5. The number of ketones is 1. The topological polar surface area (TPSA) is 127 Å². The molecular formula is C53H84O10. The Balaban J connectivity index is 1.22. The van der Waals surface area contributed by atoms with Gasteiger partial charge in [0.05, 0.1) is 47.9 Å². The van der Waals surface area contributed by atoms with Crippen molar-refractivity contribution in [2.45, 2.75) is 208 Å². The maximum atomic E-state index is 13.1. The van der Waals surface area contributed by atoms with Crippen LogP contribution in [0.25, 0.3) is 0 Å². The summed E-state index contributed by atoms with van der Waals surface area (Å²) in [5, 5.41) is 10.9. The van der Waals surface area contributed by atoms with Gasteiger partial charge in [-0.3, -0.25) is 9.59 Å². The second kappa shape index (κ2) is 23.4. The quantitative estimate of drug-likeness (QED) is 0.0491. The summed E-state index contributed by atoms with van der Waals surface area (Å²) in [5.74, 6) is -0.106. The summed E-state index contributed by atoms with van der Waals surface area (Å²) in [5.41, 5.74) is -0.498. The summed E-state index contributed by atoms with van der Waals surface area (Å²) < 4.78 is 37.7. The van der Waals surface area contributed by atoms with Crippen molar-refractivity contribution in [1.82, 2.24) is 0 Å². The van der Waals surface area contributed by atoms with Gasteiger partial charge >= 0.3 is 11.9 Å². The second-order valence-corrected chi connectivity index (χ2v) is 20.9. The Kier molecular flexibility index (Phi) is 19.5. The molecule has 0 aliphatic carbocycles. The third-order valence-electron chi connectivity index (χ3n) is 14.2. The summed E-state index contributed by atoms with van der Waals surface area (Å²) >= 11 is 0. The molecule has 0 saturated carbocycles. The molecule has 0 bridgehead atoms. The Bertz CT molecular complexity index is 1670. The normalized spacial score (nSPS) is 30.9. The number of aliphatic hydroxyl groups is 1. The number of allylic oxidation sites excluding steroid dienone is 3. The molecule has 0 radical (unpaired) electrons. The number of aliphatic hydroxyl groups excluding tert-OH is 1. The third-order valence-corrected chi connectivity index (χ3v) is 14.2. The molecule has 1 aromatic rings. The lowest BCUT2D eigenvalue weighted by Crippen LogP contribution is -2.53. The van der Waals surface area contributed by atoms with Gasteiger partial charge in [-0.1, -0.05) is 78.8 Å². The van der Waals surface area contributed by atoms with Crippen LogP contribution in [0.5, 0.6) is 0 Å². The van der Waals surface area contributed by atoms with Gasteiger partial charge in [-0.2, -0.15) is 0 Å². The highest BCUT2D eigenvalue weighted by molar-refractivity contribution is 5.91. The Hall–Kier alpha value is -3.05. The molecule has 3 saturated heterocycles. The largest absolute Gasteiger partial charge is 0.512 e. The highest BCUT2D eigenvalue weighted by Crippen LogP contribution is 2.47. The minimum absolute atomic E-state index is 0.0333. The van der Waals surface area contributed by atoms with E-state index in [0.717, 1.165) is 64.2 Å². The standard InChI is InChI=1S/C53H84O10/c1-14-58-48(56)24-23-35(3)29-36(4)31-39(7)45(55)33-44(54)38(6)30-34(2)19-18-20-37(5)49-40(8)46(61-51(10,11)63-49)32-43-25-27-53(13,60-43)47-26-28-52(12,62-47)41(9)59-50(57)42-21-16-15-17-22-42/h15-18,20-22,33-41,43,46-47,49,54H,14,19,23-32H2,1-13H3/b20-18+,44-33-/t34-,35-,36+,37+,38-,39+,40-,41+,43+,46-,47+,49+,52-,53-/m0/s1. The van der Waals surface area contributed by atoms with Crippen LogP contribution in [0.15, 0.2) is 54.3 Å². The zero-order valence-electron chi connectivity index (χ0n) is 41.2. The minimum atomic E-state index is -0.737. The highest BCUT2D eigenvalue weighted by Gasteiger charge is 2.53. The molecule has 0 spiro atoms. The molecule has 3 heterocycles. The van der Waals surface area contributed by atoms with Gasteiger partial charge in [0.2, 0.25) is 0 Å². The number of hydrogen-bond acceptors (Lipinski definition) is 10. The number of benzene rings is 1. The van der Waals surface area contributed by atoms with E-state index in [0.29, 0.717) is 36.3 Å². The lowest BCUT2D eigenvalue weighted by Gasteiger charge is -2.47. The fraction of sp³-hybridized carbons (Fsp3) is 0.755. The van der Waals surface area contributed by atoms with E-state index in [4.69, 9.17) is 28.4 Å². The van der Waals surface area contributed by atoms with E-state index in [1.165, 1.54) is 6.08 Å². The van der Waals surface area contributed by atoms with Gasteiger partial charge < -0.3 is 33.5 Å². The average Bonchev–Trinajstić information content (AvgIpc) is 3.82. The summed E-state index contributed by atoms with van der Waals surface area (Å²) in [6.45, 7) is 27.2. The van der Waals surface area contributed by atoms with E-state index >= 15 is 0 Å². The molecule has 0 unspecified atom stereocenters. The Morgan fingerprint density at radius 2 is 1.52 bits per heavy atom. The van der Waals surface area contributed by atoms with Crippen molar-refractivity contribution in [3.63, 3.8) is 0 Å². The van der Waals surface area contributed by atoms with Crippen molar-refractivity contribution in [3.8, 4) is 0 Å². The number of hydrogen-bond donors (Lipinski definition) is 1. The maximum absolute atomic E-state index is 13.1. The Morgan fingerprint density at radius 1 is 0.841 bits per heavy atom. The van der Waals surface area contributed by atoms with Crippen molar-refractivity contribution in [1.29, 1.82) is 0 Å². The van der Waals surface area contributed by atoms with Crippen LogP contribution in [0.2, 0.25) is 0 Å². The van der Waals surface area contributed by atoms with Crippen molar-refractivity contribution >= 4 is 17.7 Å². The minimum Gasteiger partial charge on any atom is -0.512 e. The van der Waals surface area contributed by atoms with Crippen LogP contribution < -0.4 is 0 Å². The van der Waals surface area contributed by atoms with Crippen LogP contribution in [0.1, 0.15) is 171 Å². The zero-order chi connectivity index (χ0) is 46.7. The monoisotopic (exact) mass is 881 g/mol. The second-order valence-electron chi connectivity index (χ2n) is 20.9. The molecule has 3 aliphatic heterocycles. The number of ether oxygens (including phenoxy) is 6. The van der Waals surface area contributed by atoms with Crippen molar-refractivity contribution in [2.24, 2.45) is 41.4 Å². The van der Waals surface area contributed by atoms with E-state index in [1.807, 2.05) is 66.7 Å². The van der Waals surface area contributed by atoms with Crippen LogP contribution in [-0.4, -0.2) is 76.9 Å². The van der Waals surface area contributed by atoms with Gasteiger partial charge in [-0.05, 0) is 129 Å². The first-order valence-electron chi connectivity index (χ1n) is 24.3. The molecule has 63 heavy (non-hydrogen) atoms. The fourth-order valence-corrected chi connectivity index (χ4v) is 10.2. The van der Waals surface area contributed by atoms with Crippen LogP contribution >= 0.6 is 0 Å². The number of carbonyl (C=O) groups excluding carboxylic acids is 3. The molecular weight excluding hydrogens is 797 g/mol. The van der Waals surface area contributed by atoms with Crippen LogP contribution in [0, 0.1) is 41.4 Å². The van der Waals surface area contributed by atoms with Crippen LogP contribution in [0.4, 0.5) is 0 Å². The predicted molar refractivity (Wildman–Crippen MR) is 248 cm³/mol. The fourth-order valence-electron chi connectivity index (χ4n) is 10.2. The summed E-state index contributed by atoms with van der Waals surface area (Å²) in [7, 11) is 0. The van der Waals surface area contributed by atoms with Gasteiger partial charge in [0.25, 0.3) is 0 Å². The summed E-state index contributed by atoms with van der Waals surface area (Å²) in [6, 6.07) is 9.09. The molecule has 3 aliphatic rings. The van der Waals surface area contributed by atoms with Crippen LogP contribution in [-0.2, 0) is 38.0 Å². The predicted octanol–water partition coefficient (Wildman–Crippen LogP) is 11.9. The molecule has 14 atom stereocenters. The van der Waals surface area contributed by atoms with E-state index in [9.17, 15) is 19.5 Å². The smallest absolute Gasteiger partial charge is 0.338 e. The highest BCUT2D eigenvalue weighted by atomic mass is 16.7. The Labute approximate surface area is 380 Å². The molecule has 1 aromatic carbocycles. The van der Waals surface area contributed by atoms with Crippen LogP contribution in [0.3, 0.4) is 0 Å². The lowest BCUT2D eigenvalue weighted by atomic mass is 9.84. The Morgan fingerprint density at radius 3 is 2.21 bits per heavy atom. The molecule has 10 heteroatoms. The van der Waals surface area contributed by atoms with Crippen molar-refractivity contribution < 1.29 is 47.9 Å². The molecule has 356 valence electrons. The summed E-state index contributed by atoms with van der Waals surface area (Å²) in [6.07, 6.45) is 14.1. The average molecular weight is 881 g/mol. The summed E-state index contributed by atoms with van der Waals surface area (Å²) in [4.78, 5) is 37.6. The first kappa shape index (κ1) is 52.6. The lowest BCUT2D eigenvalue weighted by molar-refractivity contribution is -0.328. The van der Waals surface area contributed by atoms with E-state index in [-0.39, 0.29) is 71.6 Å². The molecule has 3 fully saturated rings. The molecule has 0 aromatic heterocycles. The van der Waals surface area contributed by atoms with Gasteiger partial charge in [0.15, 0.2) is 11.6 Å². The molecule has 0 amide bonds. The van der Waals surface area contributed by atoms with E-state index in [2.05, 4.69) is 53.7 Å². The number of carbonyl (C=O) groups is 3. The third kappa shape index (κ3) is 15.5. The SMILES string of the molecule is CCOC(=O)CC[C@H](C)C[C@@H](C)C[C@@H](C)C(=O)/C=C(\O)[C@@H](C)C[C@@H](C)C/C=C/[C@@H](C)[C@H]1OC(C)(C)O[C@@H](C[C@H]2CC[C@@](C)([C@H]3CC[C@@](C)([C@@H](C)OC(=O)c4ccccc4)O3)O2)[C@@H]1C. The maximum Gasteiger partial charge on any atom is 0.338 e. The van der Waals surface area contributed by atoms with E-state index < -0.39 is 23.1 Å². The van der Waals surface area contributed by atoms with Gasteiger partial charge in [0, 0.05) is 42.6 Å². The first-order valence-corrected chi connectivity index (χ1v) is 24.3. The molecule has 4 rings (SSSR count). The molecule has 10 nitrogen and oxygen atoms in total. The van der Waals surface area contributed by atoms with Gasteiger partial charge in [0.1, 0.15) is 11.7 Å².